The number of esters is 1. The molecule has 0 aromatic heterocycles. The maximum atomic E-state index is 12.1. The van der Waals surface area contributed by atoms with E-state index in [0.717, 1.165) is 5.56 Å². The van der Waals surface area contributed by atoms with Crippen LogP contribution in [0.4, 0.5) is 0 Å². The molecule has 0 bridgehead atoms. The minimum absolute atomic E-state index is 0.112. The van der Waals surface area contributed by atoms with E-state index in [0.29, 0.717) is 5.57 Å². The number of rotatable bonds is 3. The lowest BCUT2D eigenvalue weighted by atomic mass is 9.99. The van der Waals surface area contributed by atoms with Crippen molar-refractivity contribution in [3.63, 3.8) is 0 Å². The van der Waals surface area contributed by atoms with E-state index in [1.165, 1.54) is 6.92 Å². The van der Waals surface area contributed by atoms with Crippen LogP contribution >= 0.6 is 0 Å². The highest BCUT2D eigenvalue weighted by Crippen LogP contribution is 2.21. The highest BCUT2D eigenvalue weighted by Gasteiger charge is 2.24. The van der Waals surface area contributed by atoms with Crippen molar-refractivity contribution in [2.45, 2.75) is 40.2 Å². The van der Waals surface area contributed by atoms with Gasteiger partial charge < -0.3 is 4.74 Å². The Labute approximate surface area is 114 Å². The molecule has 1 aromatic carbocycles. The van der Waals surface area contributed by atoms with Crippen molar-refractivity contribution in [3.8, 4) is 0 Å². The average Bonchev–Trinajstić information content (AvgIpc) is 2.27. The van der Waals surface area contributed by atoms with Crippen LogP contribution in [0.5, 0.6) is 0 Å². The zero-order valence-corrected chi connectivity index (χ0v) is 12.1. The molecule has 3 nitrogen and oxygen atoms in total. The first-order valence-corrected chi connectivity index (χ1v) is 6.23. The Bertz CT molecular complexity index is 505. The molecule has 0 atom stereocenters. The summed E-state index contributed by atoms with van der Waals surface area (Å²) >= 11 is 0. The Morgan fingerprint density at radius 3 is 1.95 bits per heavy atom. The number of allylic oxidation sites excluding steroid dienone is 1. The van der Waals surface area contributed by atoms with Gasteiger partial charge in [0.25, 0.3) is 0 Å². The molecular formula is C16H20O3. The van der Waals surface area contributed by atoms with Crippen molar-refractivity contribution in [1.29, 1.82) is 0 Å². The SMILES string of the molecule is CC(=O)C(C(=O)OC(C)(C)C)=C(C)c1ccccc1. The lowest BCUT2D eigenvalue weighted by Gasteiger charge is -2.20. The van der Waals surface area contributed by atoms with E-state index in [4.69, 9.17) is 4.74 Å². The second-order valence-electron chi connectivity index (χ2n) is 5.42. The van der Waals surface area contributed by atoms with Gasteiger partial charge in [-0.05, 0) is 45.8 Å². The van der Waals surface area contributed by atoms with Crippen LogP contribution in [0.2, 0.25) is 0 Å². The van der Waals surface area contributed by atoms with E-state index in [1.807, 2.05) is 30.3 Å². The molecule has 0 N–H and O–H groups in total. The van der Waals surface area contributed by atoms with Gasteiger partial charge in [0.05, 0.1) is 0 Å². The molecule has 0 amide bonds. The number of carbonyl (C=O) groups is 2. The Balaban J connectivity index is 3.21. The fourth-order valence-electron chi connectivity index (χ4n) is 1.72. The van der Waals surface area contributed by atoms with Crippen LogP contribution in [-0.4, -0.2) is 17.4 Å². The molecule has 0 aliphatic carbocycles. The summed E-state index contributed by atoms with van der Waals surface area (Å²) in [5, 5.41) is 0. The third-order valence-corrected chi connectivity index (χ3v) is 2.54. The smallest absolute Gasteiger partial charge is 0.342 e. The van der Waals surface area contributed by atoms with Gasteiger partial charge in [0.15, 0.2) is 5.78 Å². The fraction of sp³-hybridized carbons (Fsp3) is 0.375. The van der Waals surface area contributed by atoms with Gasteiger partial charge in [0.1, 0.15) is 11.2 Å². The third-order valence-electron chi connectivity index (χ3n) is 2.54. The maximum Gasteiger partial charge on any atom is 0.342 e. The molecule has 0 saturated carbocycles. The summed E-state index contributed by atoms with van der Waals surface area (Å²) in [6.07, 6.45) is 0. The second-order valence-corrected chi connectivity index (χ2v) is 5.42. The highest BCUT2D eigenvalue weighted by molar-refractivity contribution is 6.21. The normalized spacial score (nSPS) is 12.7. The van der Waals surface area contributed by atoms with Gasteiger partial charge in [0.2, 0.25) is 0 Å². The van der Waals surface area contributed by atoms with Gasteiger partial charge in [-0.15, -0.1) is 0 Å². The lowest BCUT2D eigenvalue weighted by Crippen LogP contribution is -2.27. The summed E-state index contributed by atoms with van der Waals surface area (Å²) in [5.41, 5.74) is 0.983. The van der Waals surface area contributed by atoms with Gasteiger partial charge in [0, 0.05) is 0 Å². The summed E-state index contributed by atoms with van der Waals surface area (Å²) in [4.78, 5) is 23.8. The molecule has 0 aliphatic heterocycles. The van der Waals surface area contributed by atoms with Crippen molar-refractivity contribution in [3.05, 3.63) is 41.5 Å². The van der Waals surface area contributed by atoms with E-state index >= 15 is 0 Å². The van der Waals surface area contributed by atoms with Gasteiger partial charge in [-0.2, -0.15) is 0 Å². The minimum Gasteiger partial charge on any atom is -0.456 e. The standard InChI is InChI=1S/C16H20O3/c1-11(13-9-7-6-8-10-13)14(12(2)17)15(18)19-16(3,4)5/h6-10H,1-5H3. The monoisotopic (exact) mass is 260 g/mol. The molecule has 0 unspecified atom stereocenters. The molecule has 0 heterocycles. The number of carbonyl (C=O) groups excluding carboxylic acids is 2. The van der Waals surface area contributed by atoms with Gasteiger partial charge >= 0.3 is 5.97 Å². The maximum absolute atomic E-state index is 12.1. The topological polar surface area (TPSA) is 43.4 Å². The molecule has 1 rings (SSSR count). The molecule has 3 heteroatoms. The van der Waals surface area contributed by atoms with Crippen LogP contribution in [0, 0.1) is 0 Å². The molecule has 0 spiro atoms. The van der Waals surface area contributed by atoms with Crippen molar-refractivity contribution < 1.29 is 14.3 Å². The number of Topliss-reactive ketones (excluding diaryl/α,β-unsaturated/α-hetero) is 1. The quantitative estimate of drug-likeness (QED) is 0.362. The average molecular weight is 260 g/mol. The first kappa shape index (κ1) is 15.2. The largest absolute Gasteiger partial charge is 0.456 e. The molecule has 19 heavy (non-hydrogen) atoms. The molecule has 0 fully saturated rings. The number of ether oxygens (including phenoxy) is 1. The molecular weight excluding hydrogens is 240 g/mol. The molecule has 0 radical (unpaired) electrons. The van der Waals surface area contributed by atoms with Crippen molar-refractivity contribution in [2.75, 3.05) is 0 Å². The predicted octanol–water partition coefficient (Wildman–Crippen LogP) is 3.39. The number of benzene rings is 1. The van der Waals surface area contributed by atoms with Gasteiger partial charge in [-0.1, -0.05) is 30.3 Å². The minimum atomic E-state index is -0.616. The van der Waals surface area contributed by atoms with E-state index in [1.54, 1.807) is 27.7 Å². The lowest BCUT2D eigenvalue weighted by molar-refractivity contribution is -0.150. The first-order chi connectivity index (χ1) is 8.72. The van der Waals surface area contributed by atoms with E-state index < -0.39 is 11.6 Å². The van der Waals surface area contributed by atoms with Crippen LogP contribution < -0.4 is 0 Å². The second kappa shape index (κ2) is 5.83. The van der Waals surface area contributed by atoms with E-state index in [-0.39, 0.29) is 11.4 Å². The highest BCUT2D eigenvalue weighted by atomic mass is 16.6. The zero-order valence-electron chi connectivity index (χ0n) is 12.1. The van der Waals surface area contributed by atoms with Crippen molar-refractivity contribution in [2.24, 2.45) is 0 Å². The van der Waals surface area contributed by atoms with Gasteiger partial charge in [-0.25, -0.2) is 4.79 Å². The van der Waals surface area contributed by atoms with Gasteiger partial charge in [-0.3, -0.25) is 4.79 Å². The Morgan fingerprint density at radius 2 is 1.53 bits per heavy atom. The van der Waals surface area contributed by atoms with Crippen LogP contribution in [0.1, 0.15) is 40.2 Å². The van der Waals surface area contributed by atoms with Crippen molar-refractivity contribution >= 4 is 17.3 Å². The summed E-state index contributed by atoms with van der Waals surface area (Å²) in [5.74, 6) is -0.850. The number of hydrogen-bond acceptors (Lipinski definition) is 3. The van der Waals surface area contributed by atoms with E-state index in [2.05, 4.69) is 0 Å². The number of hydrogen-bond donors (Lipinski definition) is 0. The third kappa shape index (κ3) is 4.36. The number of ketones is 1. The fourth-order valence-corrected chi connectivity index (χ4v) is 1.72. The predicted molar refractivity (Wildman–Crippen MR) is 75.6 cm³/mol. The Hall–Kier alpha value is -1.90. The molecule has 1 aromatic rings. The molecule has 102 valence electrons. The first-order valence-electron chi connectivity index (χ1n) is 6.23. The van der Waals surface area contributed by atoms with Crippen LogP contribution in [-0.2, 0) is 14.3 Å². The van der Waals surface area contributed by atoms with Crippen LogP contribution in [0.25, 0.3) is 5.57 Å². The summed E-state index contributed by atoms with van der Waals surface area (Å²) < 4.78 is 5.29. The Morgan fingerprint density at radius 1 is 1.00 bits per heavy atom. The van der Waals surface area contributed by atoms with Crippen LogP contribution in [0.15, 0.2) is 35.9 Å². The van der Waals surface area contributed by atoms with Crippen molar-refractivity contribution in [1.82, 2.24) is 0 Å². The zero-order chi connectivity index (χ0) is 14.6. The summed E-state index contributed by atoms with van der Waals surface area (Å²) in [6.45, 7) is 8.48. The molecule has 0 saturated heterocycles. The Kier molecular flexibility index (Phi) is 4.65. The van der Waals surface area contributed by atoms with E-state index in [9.17, 15) is 9.59 Å². The summed E-state index contributed by atoms with van der Waals surface area (Å²) in [7, 11) is 0. The molecule has 0 aliphatic rings. The van der Waals surface area contributed by atoms with Crippen LogP contribution in [0.3, 0.4) is 0 Å². The summed E-state index contributed by atoms with van der Waals surface area (Å²) in [6, 6.07) is 9.35.